The van der Waals surface area contributed by atoms with Crippen LogP contribution in [0.4, 0.5) is 14.5 Å². The van der Waals surface area contributed by atoms with Crippen molar-refractivity contribution in [3.8, 4) is 0 Å². The predicted molar refractivity (Wildman–Crippen MR) is 70.3 cm³/mol. The number of rotatable bonds is 4. The molecule has 0 saturated heterocycles. The molecule has 0 unspecified atom stereocenters. The Morgan fingerprint density at radius 2 is 1.67 bits per heavy atom. The summed E-state index contributed by atoms with van der Waals surface area (Å²) in [5.41, 5.74) is -0.652. The number of nitro groups is 1. The molecule has 0 N–H and O–H groups in total. The molecule has 0 aliphatic heterocycles. The van der Waals surface area contributed by atoms with E-state index in [-0.39, 0.29) is 10.5 Å². The first-order valence-electron chi connectivity index (χ1n) is 5.71. The zero-order valence-corrected chi connectivity index (χ0v) is 11.3. The number of sulfone groups is 1. The fourth-order valence-corrected chi connectivity index (χ4v) is 3.07. The highest BCUT2D eigenvalue weighted by Gasteiger charge is 2.19. The Kier molecular flexibility index (Phi) is 3.99. The average molecular weight is 313 g/mol. The maximum absolute atomic E-state index is 13.4. The molecule has 0 radical (unpaired) electrons. The first-order valence-corrected chi connectivity index (χ1v) is 7.36. The zero-order chi connectivity index (χ0) is 15.6. The van der Waals surface area contributed by atoms with Crippen molar-refractivity contribution in [3.05, 3.63) is 69.8 Å². The molecule has 2 rings (SSSR count). The molecule has 21 heavy (non-hydrogen) atoms. The summed E-state index contributed by atoms with van der Waals surface area (Å²) >= 11 is 0. The van der Waals surface area contributed by atoms with Gasteiger partial charge in [0.2, 0.25) is 5.82 Å². The molecule has 2 aromatic carbocycles. The van der Waals surface area contributed by atoms with Gasteiger partial charge in [-0.25, -0.2) is 12.8 Å². The van der Waals surface area contributed by atoms with Crippen LogP contribution >= 0.6 is 0 Å². The van der Waals surface area contributed by atoms with Crippen LogP contribution in [0.5, 0.6) is 0 Å². The third kappa shape index (κ3) is 3.40. The van der Waals surface area contributed by atoms with E-state index >= 15 is 0 Å². The van der Waals surface area contributed by atoms with Gasteiger partial charge in [0.25, 0.3) is 0 Å². The summed E-state index contributed by atoms with van der Waals surface area (Å²) in [6.45, 7) is 0. The minimum atomic E-state index is -3.78. The lowest BCUT2D eigenvalue weighted by Crippen LogP contribution is -2.05. The van der Waals surface area contributed by atoms with Crippen LogP contribution in [0.3, 0.4) is 0 Å². The van der Waals surface area contributed by atoms with Crippen molar-refractivity contribution >= 4 is 15.5 Å². The van der Waals surface area contributed by atoms with Crippen LogP contribution in [0.1, 0.15) is 5.56 Å². The molecule has 0 saturated carbocycles. The van der Waals surface area contributed by atoms with E-state index in [1.807, 2.05) is 0 Å². The summed E-state index contributed by atoms with van der Waals surface area (Å²) in [4.78, 5) is 9.48. The SMILES string of the molecule is O=[N+]([O-])c1ccc(CS(=O)(=O)c2ccc(F)cc2)cc1F. The number of nitrogens with zero attached hydrogens (tertiary/aromatic N) is 1. The second kappa shape index (κ2) is 5.57. The summed E-state index contributed by atoms with van der Waals surface area (Å²) in [7, 11) is -3.78. The first-order chi connectivity index (χ1) is 9.79. The van der Waals surface area contributed by atoms with Crippen LogP contribution < -0.4 is 0 Å². The van der Waals surface area contributed by atoms with E-state index < -0.39 is 37.8 Å². The second-order valence-corrected chi connectivity index (χ2v) is 6.25. The van der Waals surface area contributed by atoms with Gasteiger partial charge in [-0.1, -0.05) is 6.07 Å². The fraction of sp³-hybridized carbons (Fsp3) is 0.0769. The van der Waals surface area contributed by atoms with Crippen LogP contribution in [0.2, 0.25) is 0 Å². The number of nitro benzene ring substituents is 1. The number of benzene rings is 2. The number of halogens is 2. The molecule has 2 aromatic rings. The van der Waals surface area contributed by atoms with Crippen molar-refractivity contribution in [1.82, 2.24) is 0 Å². The molecule has 0 spiro atoms. The van der Waals surface area contributed by atoms with E-state index in [0.29, 0.717) is 0 Å². The third-order valence-electron chi connectivity index (χ3n) is 2.74. The molecule has 5 nitrogen and oxygen atoms in total. The monoisotopic (exact) mass is 313 g/mol. The smallest absolute Gasteiger partial charge is 0.258 e. The van der Waals surface area contributed by atoms with E-state index in [4.69, 9.17) is 0 Å². The van der Waals surface area contributed by atoms with Gasteiger partial charge in [-0.2, -0.15) is 4.39 Å². The largest absolute Gasteiger partial charge is 0.304 e. The van der Waals surface area contributed by atoms with Crippen molar-refractivity contribution in [3.63, 3.8) is 0 Å². The summed E-state index contributed by atoms with van der Waals surface area (Å²) in [5, 5.41) is 10.5. The summed E-state index contributed by atoms with van der Waals surface area (Å²) < 4.78 is 50.3. The molecular weight excluding hydrogens is 304 g/mol. The lowest BCUT2D eigenvalue weighted by molar-refractivity contribution is -0.387. The molecule has 110 valence electrons. The Balaban J connectivity index is 2.31. The van der Waals surface area contributed by atoms with Gasteiger partial charge in [-0.05, 0) is 35.9 Å². The molecule has 8 heteroatoms. The Hall–Kier alpha value is -2.35. The minimum Gasteiger partial charge on any atom is -0.258 e. The van der Waals surface area contributed by atoms with Crippen LogP contribution in [-0.2, 0) is 15.6 Å². The van der Waals surface area contributed by atoms with Gasteiger partial charge in [0.05, 0.1) is 15.6 Å². The van der Waals surface area contributed by atoms with Gasteiger partial charge in [-0.3, -0.25) is 10.1 Å². The fourth-order valence-electron chi connectivity index (χ4n) is 1.73. The Morgan fingerprint density at radius 1 is 1.05 bits per heavy atom. The topological polar surface area (TPSA) is 77.3 Å². The molecule has 0 heterocycles. The predicted octanol–water partition coefficient (Wildman–Crippen LogP) is 2.85. The number of hydrogen-bond acceptors (Lipinski definition) is 4. The van der Waals surface area contributed by atoms with Gasteiger partial charge in [-0.15, -0.1) is 0 Å². The summed E-state index contributed by atoms with van der Waals surface area (Å²) in [6.07, 6.45) is 0. The lowest BCUT2D eigenvalue weighted by Gasteiger charge is -2.05. The second-order valence-electron chi connectivity index (χ2n) is 4.26. The van der Waals surface area contributed by atoms with Crippen LogP contribution in [0.25, 0.3) is 0 Å². The minimum absolute atomic E-state index is 0.0717. The van der Waals surface area contributed by atoms with E-state index in [9.17, 15) is 27.3 Å². The van der Waals surface area contributed by atoms with Crippen LogP contribution in [0.15, 0.2) is 47.4 Å². The Bertz CT molecular complexity index is 788. The van der Waals surface area contributed by atoms with Gasteiger partial charge in [0.1, 0.15) is 5.82 Å². The Labute approximate surface area is 118 Å². The lowest BCUT2D eigenvalue weighted by atomic mass is 10.2. The summed E-state index contributed by atoms with van der Waals surface area (Å²) in [5.74, 6) is -2.21. The molecule has 0 aliphatic carbocycles. The highest BCUT2D eigenvalue weighted by Crippen LogP contribution is 2.22. The molecule has 0 aliphatic rings. The van der Waals surface area contributed by atoms with E-state index in [1.165, 1.54) is 6.07 Å². The molecule has 0 amide bonds. The average Bonchev–Trinajstić information content (AvgIpc) is 2.38. The van der Waals surface area contributed by atoms with Crippen molar-refractivity contribution in [1.29, 1.82) is 0 Å². The highest BCUT2D eigenvalue weighted by molar-refractivity contribution is 7.90. The standard InChI is InChI=1S/C13H9F2NO4S/c14-10-2-4-11(5-3-10)21(19,20)8-9-1-6-13(16(17)18)12(15)7-9/h1-7H,8H2. The molecule has 0 aromatic heterocycles. The highest BCUT2D eigenvalue weighted by atomic mass is 32.2. The first kappa shape index (κ1) is 15.0. The molecule has 0 bridgehead atoms. The zero-order valence-electron chi connectivity index (χ0n) is 10.5. The van der Waals surface area contributed by atoms with Crippen molar-refractivity contribution in [2.75, 3.05) is 0 Å². The van der Waals surface area contributed by atoms with Gasteiger partial charge in [0.15, 0.2) is 9.84 Å². The van der Waals surface area contributed by atoms with Crippen LogP contribution in [-0.4, -0.2) is 13.3 Å². The van der Waals surface area contributed by atoms with Crippen molar-refractivity contribution in [2.45, 2.75) is 10.6 Å². The van der Waals surface area contributed by atoms with Crippen LogP contribution in [0, 0.1) is 21.7 Å². The molecular formula is C13H9F2NO4S. The maximum atomic E-state index is 13.4. The molecule has 0 atom stereocenters. The van der Waals surface area contributed by atoms with Gasteiger partial charge < -0.3 is 0 Å². The quantitative estimate of drug-likeness (QED) is 0.494. The maximum Gasteiger partial charge on any atom is 0.304 e. The van der Waals surface area contributed by atoms with Gasteiger partial charge >= 0.3 is 5.69 Å². The Morgan fingerprint density at radius 3 is 2.19 bits per heavy atom. The van der Waals surface area contributed by atoms with E-state index in [2.05, 4.69) is 0 Å². The van der Waals surface area contributed by atoms with Gasteiger partial charge in [0, 0.05) is 6.07 Å². The van der Waals surface area contributed by atoms with E-state index in [0.717, 1.165) is 36.4 Å². The van der Waals surface area contributed by atoms with E-state index in [1.54, 1.807) is 0 Å². The third-order valence-corrected chi connectivity index (χ3v) is 4.44. The van der Waals surface area contributed by atoms with Crippen molar-refractivity contribution < 1.29 is 22.1 Å². The normalized spacial score (nSPS) is 11.3. The molecule has 0 fully saturated rings. The summed E-state index contributed by atoms with van der Waals surface area (Å²) in [6, 6.07) is 7.10. The number of hydrogen-bond donors (Lipinski definition) is 0. The van der Waals surface area contributed by atoms with Crippen molar-refractivity contribution in [2.24, 2.45) is 0 Å².